The van der Waals surface area contributed by atoms with Gasteiger partial charge in [-0.25, -0.2) is 0 Å². The summed E-state index contributed by atoms with van der Waals surface area (Å²) in [5.74, 6) is 0.782. The van der Waals surface area contributed by atoms with Gasteiger partial charge in [0.2, 0.25) is 11.9 Å². The molecule has 3 heterocycles. The number of aromatic nitrogens is 3. The molecule has 0 atom stereocenters. The fraction of sp³-hybridized carbons (Fsp3) is 0.261. The van der Waals surface area contributed by atoms with Crippen molar-refractivity contribution >= 4 is 44.9 Å². The Kier molecular flexibility index (Phi) is 5.74. The maximum atomic E-state index is 12.9. The van der Waals surface area contributed by atoms with Crippen LogP contribution in [0.3, 0.4) is 0 Å². The largest absolute Gasteiger partial charge is 0.492 e. The monoisotopic (exact) mass is 448 g/mol. The van der Waals surface area contributed by atoms with E-state index in [2.05, 4.69) is 20.3 Å². The van der Waals surface area contributed by atoms with Crippen LogP contribution >= 0.6 is 11.3 Å². The number of hydrogen-bond donors (Lipinski definition) is 2. The highest BCUT2D eigenvalue weighted by Crippen LogP contribution is 2.23. The van der Waals surface area contributed by atoms with Gasteiger partial charge in [0, 0.05) is 22.5 Å². The zero-order valence-electron chi connectivity index (χ0n) is 17.5. The van der Waals surface area contributed by atoms with E-state index in [9.17, 15) is 4.79 Å². The Hall–Kier alpha value is -3.43. The minimum atomic E-state index is -0.321. The Morgan fingerprint density at radius 3 is 2.75 bits per heavy atom. The maximum Gasteiger partial charge on any atom is 0.281 e. The Morgan fingerprint density at radius 2 is 1.94 bits per heavy atom. The molecule has 0 bridgehead atoms. The van der Waals surface area contributed by atoms with E-state index in [1.165, 1.54) is 25.9 Å². The standard InChI is InChI=1S/C23H24N6O2S/c24-22-26-23(27-29(22)21(30)17-3-8-20-16(15-17)9-14-32-20)25-18-4-6-19(7-5-18)31-13-12-28-10-1-2-11-28/h3-9,14-15H,1-2,10-13H2,(H3,24,25,26,27). The van der Waals surface area contributed by atoms with Crippen LogP contribution in [0.4, 0.5) is 17.6 Å². The molecule has 32 heavy (non-hydrogen) atoms. The number of nitrogen functional groups attached to an aromatic ring is 1. The van der Waals surface area contributed by atoms with Gasteiger partial charge in [-0.05, 0) is 85.2 Å². The summed E-state index contributed by atoms with van der Waals surface area (Å²) < 4.78 is 8.07. The van der Waals surface area contributed by atoms with Gasteiger partial charge in [0.1, 0.15) is 12.4 Å². The SMILES string of the molecule is Nc1nc(Nc2ccc(OCCN3CCCC3)cc2)nn1C(=O)c1ccc2sccc2c1. The first-order valence-corrected chi connectivity index (χ1v) is 11.5. The number of anilines is 3. The van der Waals surface area contributed by atoms with Gasteiger partial charge < -0.3 is 15.8 Å². The van der Waals surface area contributed by atoms with Gasteiger partial charge in [0.15, 0.2) is 0 Å². The van der Waals surface area contributed by atoms with Crippen molar-refractivity contribution in [1.29, 1.82) is 0 Å². The number of thiophene rings is 1. The van der Waals surface area contributed by atoms with E-state index in [-0.39, 0.29) is 17.8 Å². The number of ether oxygens (including phenoxy) is 1. The Morgan fingerprint density at radius 1 is 1.12 bits per heavy atom. The Bertz CT molecular complexity index is 1230. The highest BCUT2D eigenvalue weighted by atomic mass is 32.1. The molecule has 1 aliphatic heterocycles. The molecule has 0 amide bonds. The predicted molar refractivity (Wildman–Crippen MR) is 127 cm³/mol. The zero-order chi connectivity index (χ0) is 21.9. The van der Waals surface area contributed by atoms with Gasteiger partial charge in [-0.3, -0.25) is 9.69 Å². The lowest BCUT2D eigenvalue weighted by Crippen LogP contribution is -2.25. The summed E-state index contributed by atoms with van der Waals surface area (Å²) in [6.45, 7) is 3.96. The fourth-order valence-corrected chi connectivity index (χ4v) is 4.58. The lowest BCUT2D eigenvalue weighted by Gasteiger charge is -2.15. The van der Waals surface area contributed by atoms with Crippen molar-refractivity contribution in [2.75, 3.05) is 37.3 Å². The van der Waals surface area contributed by atoms with E-state index in [0.717, 1.165) is 32.7 Å². The van der Waals surface area contributed by atoms with Crippen molar-refractivity contribution in [3.63, 3.8) is 0 Å². The number of nitrogens with two attached hydrogens (primary N) is 1. The second-order valence-electron chi connectivity index (χ2n) is 7.73. The van der Waals surface area contributed by atoms with E-state index in [1.54, 1.807) is 17.4 Å². The van der Waals surface area contributed by atoms with E-state index in [4.69, 9.17) is 10.5 Å². The average Bonchev–Trinajstić information content (AvgIpc) is 3.55. The molecular weight excluding hydrogens is 424 g/mol. The van der Waals surface area contributed by atoms with Crippen LogP contribution in [0.15, 0.2) is 53.9 Å². The molecule has 3 N–H and O–H groups in total. The van der Waals surface area contributed by atoms with Crippen molar-refractivity contribution in [1.82, 2.24) is 19.7 Å². The van der Waals surface area contributed by atoms with Crippen molar-refractivity contribution in [2.45, 2.75) is 12.8 Å². The highest BCUT2D eigenvalue weighted by molar-refractivity contribution is 7.17. The van der Waals surface area contributed by atoms with Crippen LogP contribution in [0.25, 0.3) is 10.1 Å². The first-order valence-electron chi connectivity index (χ1n) is 10.6. The second-order valence-corrected chi connectivity index (χ2v) is 8.68. The molecule has 0 radical (unpaired) electrons. The molecule has 1 saturated heterocycles. The highest BCUT2D eigenvalue weighted by Gasteiger charge is 2.17. The van der Waals surface area contributed by atoms with Gasteiger partial charge in [-0.2, -0.15) is 9.67 Å². The van der Waals surface area contributed by atoms with Crippen LogP contribution in [-0.4, -0.2) is 51.8 Å². The minimum absolute atomic E-state index is 0.0322. The van der Waals surface area contributed by atoms with E-state index in [1.807, 2.05) is 47.8 Å². The lowest BCUT2D eigenvalue weighted by atomic mass is 10.1. The number of rotatable bonds is 7. The van der Waals surface area contributed by atoms with Gasteiger partial charge >= 0.3 is 0 Å². The third kappa shape index (κ3) is 4.44. The first-order chi connectivity index (χ1) is 15.7. The van der Waals surface area contributed by atoms with Gasteiger partial charge in [-0.15, -0.1) is 16.4 Å². The van der Waals surface area contributed by atoms with Crippen LogP contribution in [0.2, 0.25) is 0 Å². The molecule has 1 fully saturated rings. The van der Waals surface area contributed by atoms with Crippen molar-refractivity contribution in [3.05, 3.63) is 59.5 Å². The van der Waals surface area contributed by atoms with Crippen LogP contribution in [0.5, 0.6) is 5.75 Å². The van der Waals surface area contributed by atoms with Crippen LogP contribution < -0.4 is 15.8 Å². The summed E-state index contributed by atoms with van der Waals surface area (Å²) in [7, 11) is 0. The molecule has 2 aromatic carbocycles. The molecule has 4 aromatic rings. The van der Waals surface area contributed by atoms with Crippen molar-refractivity contribution in [3.8, 4) is 5.75 Å². The third-order valence-electron chi connectivity index (χ3n) is 5.51. The van der Waals surface area contributed by atoms with Crippen LogP contribution in [-0.2, 0) is 0 Å². The molecular formula is C23H24N6O2S. The number of benzene rings is 2. The summed E-state index contributed by atoms with van der Waals surface area (Å²) in [5.41, 5.74) is 7.25. The number of nitrogens with one attached hydrogen (secondary N) is 1. The summed E-state index contributed by atoms with van der Waals surface area (Å²) in [4.78, 5) is 19.5. The van der Waals surface area contributed by atoms with Crippen LogP contribution in [0.1, 0.15) is 23.2 Å². The molecule has 0 saturated carbocycles. The molecule has 0 aliphatic carbocycles. The quantitative estimate of drug-likeness (QED) is 0.441. The third-order valence-corrected chi connectivity index (χ3v) is 6.41. The fourth-order valence-electron chi connectivity index (χ4n) is 3.81. The molecule has 9 heteroatoms. The average molecular weight is 449 g/mol. The van der Waals surface area contributed by atoms with E-state index >= 15 is 0 Å². The number of hydrogen-bond acceptors (Lipinski definition) is 8. The van der Waals surface area contributed by atoms with Gasteiger partial charge in [0.05, 0.1) is 0 Å². The summed E-state index contributed by atoms with van der Waals surface area (Å²) in [6, 6.07) is 15.1. The maximum absolute atomic E-state index is 12.9. The number of carbonyl (C=O) groups excluding carboxylic acids is 1. The number of nitrogens with zero attached hydrogens (tertiary/aromatic N) is 4. The number of carbonyl (C=O) groups is 1. The molecule has 8 nitrogen and oxygen atoms in total. The molecule has 164 valence electrons. The molecule has 0 unspecified atom stereocenters. The Balaban J connectivity index is 1.22. The smallest absolute Gasteiger partial charge is 0.281 e. The summed E-state index contributed by atoms with van der Waals surface area (Å²) >= 11 is 1.63. The number of fused-ring (bicyclic) bond motifs is 1. The number of likely N-dealkylation sites (tertiary alicyclic amines) is 1. The van der Waals surface area contributed by atoms with E-state index < -0.39 is 0 Å². The first kappa shape index (κ1) is 20.5. The summed E-state index contributed by atoms with van der Waals surface area (Å²) in [6.07, 6.45) is 2.56. The van der Waals surface area contributed by atoms with Crippen LogP contribution in [0, 0.1) is 0 Å². The second kappa shape index (κ2) is 8.97. The molecule has 2 aromatic heterocycles. The zero-order valence-corrected chi connectivity index (χ0v) is 18.3. The lowest BCUT2D eigenvalue weighted by molar-refractivity contribution is 0.0948. The van der Waals surface area contributed by atoms with Crippen molar-refractivity contribution in [2.24, 2.45) is 0 Å². The Labute approximate surface area is 189 Å². The molecule has 0 spiro atoms. The predicted octanol–water partition coefficient (Wildman–Crippen LogP) is 3.98. The van der Waals surface area contributed by atoms with Gasteiger partial charge in [-0.1, -0.05) is 0 Å². The van der Waals surface area contributed by atoms with E-state index in [0.29, 0.717) is 12.2 Å². The van der Waals surface area contributed by atoms with Gasteiger partial charge in [0.25, 0.3) is 5.91 Å². The topological polar surface area (TPSA) is 98.3 Å². The molecule has 1 aliphatic rings. The minimum Gasteiger partial charge on any atom is -0.492 e. The normalized spacial score (nSPS) is 14.1. The van der Waals surface area contributed by atoms with Crippen molar-refractivity contribution < 1.29 is 9.53 Å². The molecule has 5 rings (SSSR count). The summed E-state index contributed by atoms with van der Waals surface area (Å²) in [5, 5.41) is 10.3.